The lowest BCUT2D eigenvalue weighted by Gasteiger charge is -2.05. The van der Waals surface area contributed by atoms with Gasteiger partial charge in [0.05, 0.1) is 18.1 Å². The summed E-state index contributed by atoms with van der Waals surface area (Å²) in [5, 5.41) is 10.8. The predicted octanol–water partition coefficient (Wildman–Crippen LogP) is 1.21. The molecule has 2 N–H and O–H groups in total. The van der Waals surface area contributed by atoms with Gasteiger partial charge < -0.3 is 10.3 Å². The van der Waals surface area contributed by atoms with E-state index in [1.165, 1.54) is 28.6 Å². The first-order valence-corrected chi connectivity index (χ1v) is 9.68. The number of H-pyrrole nitrogens is 1. The molecule has 1 aliphatic carbocycles. The van der Waals surface area contributed by atoms with Crippen molar-refractivity contribution in [2.75, 3.05) is 5.75 Å². The van der Waals surface area contributed by atoms with Crippen LogP contribution in [0.4, 0.5) is 4.39 Å². The van der Waals surface area contributed by atoms with Crippen LogP contribution in [0.15, 0.2) is 29.1 Å². The number of rotatable bonds is 7. The van der Waals surface area contributed by atoms with Crippen LogP contribution in [-0.4, -0.2) is 42.7 Å². The number of aromatic nitrogens is 5. The van der Waals surface area contributed by atoms with E-state index in [-0.39, 0.29) is 22.8 Å². The number of nitrogens with zero attached hydrogens (tertiary/aromatic N) is 4. The topological polar surface area (TPSA) is 106 Å². The Balaban J connectivity index is 1.48. The lowest BCUT2D eigenvalue weighted by Crippen LogP contribution is -2.27. The van der Waals surface area contributed by atoms with Gasteiger partial charge in [-0.2, -0.15) is 0 Å². The summed E-state index contributed by atoms with van der Waals surface area (Å²) in [6, 6.07) is 6.35. The molecule has 1 fully saturated rings. The Morgan fingerprint density at radius 1 is 1.33 bits per heavy atom. The van der Waals surface area contributed by atoms with E-state index in [9.17, 15) is 14.0 Å². The van der Waals surface area contributed by atoms with E-state index in [1.54, 1.807) is 12.1 Å². The molecule has 0 radical (unpaired) electrons. The van der Waals surface area contributed by atoms with Crippen molar-refractivity contribution in [3.63, 3.8) is 0 Å². The van der Waals surface area contributed by atoms with E-state index < -0.39 is 0 Å². The highest BCUT2D eigenvalue weighted by molar-refractivity contribution is 7.99. The summed E-state index contributed by atoms with van der Waals surface area (Å²) < 4.78 is 14.6. The molecular formula is C17H17FN6O2S. The van der Waals surface area contributed by atoms with Crippen LogP contribution in [-0.2, 0) is 17.1 Å². The van der Waals surface area contributed by atoms with Gasteiger partial charge >= 0.3 is 0 Å². The minimum absolute atomic E-state index is 0.00561. The number of hydrogen-bond acceptors (Lipinski definition) is 6. The monoisotopic (exact) mass is 388 g/mol. The Morgan fingerprint density at radius 2 is 2.11 bits per heavy atom. The van der Waals surface area contributed by atoms with Gasteiger partial charge in [0.15, 0.2) is 11.2 Å². The summed E-state index contributed by atoms with van der Waals surface area (Å²) in [4.78, 5) is 31.1. The number of thioether (sulfide) groups is 1. The molecule has 0 aliphatic heterocycles. The van der Waals surface area contributed by atoms with Crippen molar-refractivity contribution in [2.45, 2.75) is 31.2 Å². The zero-order valence-corrected chi connectivity index (χ0v) is 15.1. The maximum Gasteiger partial charge on any atom is 0.281 e. The Kier molecular flexibility index (Phi) is 4.88. The fraction of sp³-hybridized carbons (Fsp3) is 0.353. The summed E-state index contributed by atoms with van der Waals surface area (Å²) in [7, 11) is 0. The number of amides is 1. The van der Waals surface area contributed by atoms with Crippen LogP contribution < -0.4 is 10.9 Å². The highest BCUT2D eigenvalue weighted by Crippen LogP contribution is 2.19. The molecule has 2 heterocycles. The molecule has 4 rings (SSSR count). The van der Waals surface area contributed by atoms with Gasteiger partial charge in [-0.05, 0) is 30.5 Å². The molecule has 0 unspecified atom stereocenters. The van der Waals surface area contributed by atoms with Crippen molar-refractivity contribution in [3.8, 4) is 0 Å². The summed E-state index contributed by atoms with van der Waals surface area (Å²) in [5.74, 6) is 0.839. The number of benzene rings is 1. The SMILES string of the molecule is O=C(CSCc1nc2c(nnn2Cc2ccc(F)cc2)c(=O)[nH]1)NC1CC1. The molecule has 1 aromatic carbocycles. The average Bonchev–Trinajstić information content (AvgIpc) is 3.36. The Morgan fingerprint density at radius 3 is 2.85 bits per heavy atom. The van der Waals surface area contributed by atoms with Crippen molar-refractivity contribution < 1.29 is 9.18 Å². The zero-order chi connectivity index (χ0) is 18.8. The smallest absolute Gasteiger partial charge is 0.281 e. The molecule has 140 valence electrons. The Bertz CT molecular complexity index is 1030. The van der Waals surface area contributed by atoms with Crippen molar-refractivity contribution in [1.82, 2.24) is 30.3 Å². The molecule has 10 heteroatoms. The van der Waals surface area contributed by atoms with Gasteiger partial charge in [-0.25, -0.2) is 14.1 Å². The molecule has 2 aromatic heterocycles. The molecule has 1 aliphatic rings. The van der Waals surface area contributed by atoms with Gasteiger partial charge in [0.25, 0.3) is 5.56 Å². The first-order chi connectivity index (χ1) is 13.1. The third-order valence-electron chi connectivity index (χ3n) is 4.08. The second-order valence-electron chi connectivity index (χ2n) is 6.39. The van der Waals surface area contributed by atoms with Crippen LogP contribution in [0.1, 0.15) is 24.2 Å². The second-order valence-corrected chi connectivity index (χ2v) is 7.38. The zero-order valence-electron chi connectivity index (χ0n) is 14.3. The van der Waals surface area contributed by atoms with Gasteiger partial charge in [-0.15, -0.1) is 16.9 Å². The maximum atomic E-state index is 13.0. The minimum atomic E-state index is -0.372. The highest BCUT2D eigenvalue weighted by Gasteiger charge is 2.23. The summed E-state index contributed by atoms with van der Waals surface area (Å²) in [6.45, 7) is 0.323. The fourth-order valence-corrected chi connectivity index (χ4v) is 3.29. The predicted molar refractivity (Wildman–Crippen MR) is 98.8 cm³/mol. The lowest BCUT2D eigenvalue weighted by molar-refractivity contribution is -0.118. The molecule has 0 bridgehead atoms. The van der Waals surface area contributed by atoms with Crippen molar-refractivity contribution >= 4 is 28.8 Å². The lowest BCUT2D eigenvalue weighted by atomic mass is 10.2. The summed E-state index contributed by atoms with van der Waals surface area (Å²) in [6.07, 6.45) is 2.10. The molecule has 0 spiro atoms. The molecule has 1 saturated carbocycles. The molecule has 27 heavy (non-hydrogen) atoms. The standard InChI is InChI=1S/C17H17FN6O2S/c18-11-3-1-10(2-4-11)7-24-16-15(22-23-24)17(26)21-13(20-16)8-27-9-14(25)19-12-5-6-12/h1-4,12H,5-9H2,(H,19,25)(H,20,21,26). The molecule has 1 amide bonds. The highest BCUT2D eigenvalue weighted by atomic mass is 32.2. The minimum Gasteiger partial charge on any atom is -0.353 e. The van der Waals surface area contributed by atoms with Gasteiger partial charge in [-0.1, -0.05) is 17.3 Å². The van der Waals surface area contributed by atoms with Crippen LogP contribution in [0.5, 0.6) is 0 Å². The van der Waals surface area contributed by atoms with E-state index in [0.29, 0.717) is 35.6 Å². The quantitative estimate of drug-likeness (QED) is 0.630. The Labute approximate surface area is 157 Å². The van der Waals surface area contributed by atoms with Gasteiger partial charge in [-0.3, -0.25) is 9.59 Å². The van der Waals surface area contributed by atoms with Crippen LogP contribution in [0.25, 0.3) is 11.2 Å². The number of fused-ring (bicyclic) bond motifs is 1. The number of nitrogens with one attached hydrogen (secondary N) is 2. The molecule has 8 nitrogen and oxygen atoms in total. The number of aromatic amines is 1. The molecular weight excluding hydrogens is 371 g/mol. The van der Waals surface area contributed by atoms with E-state index >= 15 is 0 Å². The van der Waals surface area contributed by atoms with E-state index in [2.05, 4.69) is 25.6 Å². The van der Waals surface area contributed by atoms with Crippen molar-refractivity contribution in [2.24, 2.45) is 0 Å². The number of halogens is 1. The van der Waals surface area contributed by atoms with Crippen LogP contribution in [0.2, 0.25) is 0 Å². The third kappa shape index (κ3) is 4.33. The van der Waals surface area contributed by atoms with Crippen LogP contribution >= 0.6 is 11.8 Å². The number of carbonyl (C=O) groups is 1. The first kappa shape index (κ1) is 17.7. The first-order valence-electron chi connectivity index (χ1n) is 8.52. The fourth-order valence-electron chi connectivity index (χ4n) is 2.59. The van der Waals surface area contributed by atoms with E-state index in [1.807, 2.05) is 0 Å². The van der Waals surface area contributed by atoms with Crippen LogP contribution in [0.3, 0.4) is 0 Å². The van der Waals surface area contributed by atoms with E-state index in [4.69, 9.17) is 0 Å². The van der Waals surface area contributed by atoms with Crippen molar-refractivity contribution in [1.29, 1.82) is 0 Å². The normalized spacial score (nSPS) is 13.8. The van der Waals surface area contributed by atoms with Gasteiger partial charge in [0.1, 0.15) is 11.6 Å². The Hall–Kier alpha value is -2.75. The van der Waals surface area contributed by atoms with Crippen LogP contribution in [0, 0.1) is 5.82 Å². The molecule has 0 saturated heterocycles. The number of hydrogen-bond donors (Lipinski definition) is 2. The molecule has 3 aromatic rings. The third-order valence-corrected chi connectivity index (χ3v) is 5.03. The summed E-state index contributed by atoms with van der Waals surface area (Å²) in [5.41, 5.74) is 0.958. The van der Waals surface area contributed by atoms with E-state index in [0.717, 1.165) is 18.4 Å². The van der Waals surface area contributed by atoms with Gasteiger partial charge in [0, 0.05) is 6.04 Å². The second kappa shape index (κ2) is 7.47. The molecule has 0 atom stereocenters. The summed E-state index contributed by atoms with van der Waals surface area (Å²) >= 11 is 1.38. The largest absolute Gasteiger partial charge is 0.353 e. The van der Waals surface area contributed by atoms with Gasteiger partial charge in [0.2, 0.25) is 5.91 Å². The van der Waals surface area contributed by atoms with Crippen molar-refractivity contribution in [3.05, 3.63) is 51.8 Å². The number of carbonyl (C=O) groups excluding carboxylic acids is 1. The maximum absolute atomic E-state index is 13.0. The average molecular weight is 388 g/mol.